The van der Waals surface area contributed by atoms with Crippen LogP contribution in [0.5, 0.6) is 0 Å². The van der Waals surface area contributed by atoms with Gasteiger partial charge in [-0.2, -0.15) is 0 Å². The van der Waals surface area contributed by atoms with Gasteiger partial charge >= 0.3 is 0 Å². The Balaban J connectivity index is 0.00000312. The maximum atomic E-state index is 10.3. The van der Waals surface area contributed by atoms with Gasteiger partial charge in [0, 0.05) is 15.9 Å². The molecule has 1 aliphatic rings. The van der Waals surface area contributed by atoms with Crippen molar-refractivity contribution in [2.45, 2.75) is 36.3 Å². The topological polar surface area (TPSA) is 110 Å². The third-order valence-electron chi connectivity index (χ3n) is 4.12. The highest BCUT2D eigenvalue weighted by Crippen LogP contribution is 2.25. The van der Waals surface area contributed by atoms with Gasteiger partial charge in [-0.15, -0.1) is 0 Å². The summed E-state index contributed by atoms with van der Waals surface area (Å²) in [5, 5.41) is 48.9. The van der Waals surface area contributed by atoms with Gasteiger partial charge in [0.25, 0.3) is 0 Å². The van der Waals surface area contributed by atoms with Gasteiger partial charge in [0.05, 0.1) is 19.8 Å². The molecule has 144 valence electrons. The molecule has 1 fully saturated rings. The standard InChI is InChI=1S/C16H24ClO6S.ClH/c17-11-3-1-2-10(4-11)7-23-14(5-18)12(20)8-24-9-13(21)16(22)15(24)6-19;/h1-4,12-16,18-22H,5-9H2;1H/q+1;/p-1/t12?,13-,14+,15-,16+,24?;/m1./s1. The van der Waals surface area contributed by atoms with E-state index in [1.807, 2.05) is 6.07 Å². The molecule has 0 saturated carbocycles. The van der Waals surface area contributed by atoms with E-state index in [1.54, 1.807) is 18.2 Å². The van der Waals surface area contributed by atoms with Crippen LogP contribution in [0, 0.1) is 0 Å². The Bertz CT molecular complexity index is 523. The van der Waals surface area contributed by atoms with Gasteiger partial charge in [-0.05, 0) is 17.7 Å². The number of aliphatic hydroxyl groups is 5. The first-order valence-corrected chi connectivity index (χ1v) is 9.75. The van der Waals surface area contributed by atoms with E-state index in [2.05, 4.69) is 0 Å². The maximum Gasteiger partial charge on any atom is 0.169 e. The molecule has 0 aliphatic carbocycles. The van der Waals surface area contributed by atoms with Crippen molar-refractivity contribution in [3.63, 3.8) is 0 Å². The summed E-state index contributed by atoms with van der Waals surface area (Å²) in [7, 11) is -0.542. The van der Waals surface area contributed by atoms with Gasteiger partial charge in [0.1, 0.15) is 35.9 Å². The zero-order valence-electron chi connectivity index (χ0n) is 13.5. The van der Waals surface area contributed by atoms with Crippen LogP contribution in [0.15, 0.2) is 24.3 Å². The number of benzene rings is 1. The molecule has 6 nitrogen and oxygen atoms in total. The van der Waals surface area contributed by atoms with Crippen LogP contribution >= 0.6 is 11.6 Å². The zero-order valence-corrected chi connectivity index (χ0v) is 15.9. The van der Waals surface area contributed by atoms with E-state index in [9.17, 15) is 25.5 Å². The van der Waals surface area contributed by atoms with Gasteiger partial charge < -0.3 is 42.7 Å². The first kappa shape index (κ1) is 23.0. The molecular formula is C16H24Cl2O6S. The number of hydrogen-bond donors (Lipinski definition) is 5. The Hall–Kier alpha value is -0.0900. The van der Waals surface area contributed by atoms with Crippen molar-refractivity contribution in [3.05, 3.63) is 34.9 Å². The smallest absolute Gasteiger partial charge is 0.169 e. The lowest BCUT2D eigenvalue weighted by Gasteiger charge is -2.22. The lowest BCUT2D eigenvalue weighted by atomic mass is 10.2. The molecule has 0 aromatic heterocycles. The minimum absolute atomic E-state index is 0. The van der Waals surface area contributed by atoms with Gasteiger partial charge in [-0.3, -0.25) is 0 Å². The molecule has 1 aromatic carbocycles. The minimum atomic E-state index is -0.981. The fraction of sp³-hybridized carbons (Fsp3) is 0.625. The molecule has 0 bridgehead atoms. The Morgan fingerprint density at radius 1 is 1.28 bits per heavy atom. The molecule has 5 N–H and O–H groups in total. The van der Waals surface area contributed by atoms with Gasteiger partial charge in [-0.25, -0.2) is 0 Å². The number of hydrogen-bond acceptors (Lipinski definition) is 6. The molecule has 1 aromatic rings. The van der Waals surface area contributed by atoms with Gasteiger partial charge in [-0.1, -0.05) is 23.7 Å². The quantitative estimate of drug-likeness (QED) is 0.280. The number of rotatable bonds is 8. The molecular weight excluding hydrogens is 391 g/mol. The Morgan fingerprint density at radius 3 is 2.60 bits per heavy atom. The highest BCUT2D eigenvalue weighted by atomic mass is 35.5. The van der Waals surface area contributed by atoms with Crippen molar-refractivity contribution in [2.24, 2.45) is 0 Å². The molecule has 25 heavy (non-hydrogen) atoms. The van der Waals surface area contributed by atoms with E-state index in [1.165, 1.54) is 0 Å². The SMILES string of the molecule is OC[C@H](OCc1cccc(Cl)c1)C(O)C[S+]1C[C@@H](O)[C@H](O)[C@H]1CO.[Cl-]. The second-order valence-corrected chi connectivity index (χ2v) is 8.66. The number of ether oxygens (including phenoxy) is 1. The van der Waals surface area contributed by atoms with Crippen LogP contribution < -0.4 is 12.4 Å². The second-order valence-electron chi connectivity index (χ2n) is 5.88. The van der Waals surface area contributed by atoms with E-state index < -0.39 is 40.6 Å². The van der Waals surface area contributed by atoms with Crippen LogP contribution in [0.4, 0.5) is 0 Å². The summed E-state index contributed by atoms with van der Waals surface area (Å²) < 4.78 is 5.59. The second kappa shape index (κ2) is 10.9. The minimum Gasteiger partial charge on any atom is -1.00 e. The Labute approximate surface area is 161 Å². The third-order valence-corrected chi connectivity index (χ3v) is 7.17. The van der Waals surface area contributed by atoms with Crippen molar-refractivity contribution in [2.75, 3.05) is 24.7 Å². The lowest BCUT2D eigenvalue weighted by Crippen LogP contribution is -3.00. The van der Waals surface area contributed by atoms with E-state index in [4.69, 9.17) is 16.3 Å². The van der Waals surface area contributed by atoms with Crippen LogP contribution in [0.3, 0.4) is 0 Å². The van der Waals surface area contributed by atoms with Crippen molar-refractivity contribution >= 4 is 22.5 Å². The Morgan fingerprint density at radius 2 is 2.00 bits per heavy atom. The number of aliphatic hydroxyl groups excluding tert-OH is 5. The summed E-state index contributed by atoms with van der Waals surface area (Å²) in [6.45, 7) is -0.402. The van der Waals surface area contributed by atoms with Crippen molar-refractivity contribution in [3.8, 4) is 0 Å². The molecule has 0 spiro atoms. The predicted molar refractivity (Wildman–Crippen MR) is 93.1 cm³/mol. The van der Waals surface area contributed by atoms with Crippen molar-refractivity contribution in [1.82, 2.24) is 0 Å². The Kier molecular flexibility index (Phi) is 10.0. The molecule has 1 heterocycles. The summed E-state index contributed by atoms with van der Waals surface area (Å²) in [5.41, 5.74) is 0.829. The maximum absolute atomic E-state index is 10.3. The van der Waals surface area contributed by atoms with E-state index in [0.717, 1.165) is 5.56 Å². The fourth-order valence-corrected chi connectivity index (χ4v) is 5.65. The summed E-state index contributed by atoms with van der Waals surface area (Å²) in [6.07, 6.45) is -3.61. The molecule has 2 rings (SSSR count). The average Bonchev–Trinajstić information content (AvgIpc) is 2.81. The van der Waals surface area contributed by atoms with Crippen LogP contribution in [0.1, 0.15) is 5.56 Å². The monoisotopic (exact) mass is 414 g/mol. The summed E-state index contributed by atoms with van der Waals surface area (Å²) in [6, 6.07) is 7.12. The average molecular weight is 415 g/mol. The first-order valence-electron chi connectivity index (χ1n) is 7.74. The molecule has 9 heteroatoms. The van der Waals surface area contributed by atoms with Gasteiger partial charge in [0.15, 0.2) is 5.25 Å². The normalized spacial score (nSPS) is 28.4. The summed E-state index contributed by atoms with van der Waals surface area (Å²) in [4.78, 5) is 0. The molecule has 1 saturated heterocycles. The van der Waals surface area contributed by atoms with Crippen molar-refractivity contribution < 1.29 is 42.7 Å². The fourth-order valence-electron chi connectivity index (χ4n) is 2.73. The highest BCUT2D eigenvalue weighted by Gasteiger charge is 2.50. The highest BCUT2D eigenvalue weighted by molar-refractivity contribution is 7.97. The molecule has 2 unspecified atom stereocenters. The lowest BCUT2D eigenvalue weighted by molar-refractivity contribution is -0.0623. The third kappa shape index (κ3) is 6.23. The van der Waals surface area contributed by atoms with Crippen LogP contribution in [0.25, 0.3) is 0 Å². The summed E-state index contributed by atoms with van der Waals surface area (Å²) >= 11 is 5.91. The summed E-state index contributed by atoms with van der Waals surface area (Å²) in [5.74, 6) is 0.579. The van der Waals surface area contributed by atoms with Crippen LogP contribution in [0.2, 0.25) is 5.02 Å². The van der Waals surface area contributed by atoms with Crippen LogP contribution in [-0.2, 0) is 22.2 Å². The van der Waals surface area contributed by atoms with E-state index >= 15 is 0 Å². The molecule has 0 amide bonds. The van der Waals surface area contributed by atoms with Crippen molar-refractivity contribution in [1.29, 1.82) is 0 Å². The zero-order chi connectivity index (χ0) is 17.7. The van der Waals surface area contributed by atoms with Crippen LogP contribution in [-0.4, -0.2) is 79.9 Å². The van der Waals surface area contributed by atoms with E-state index in [-0.39, 0.29) is 38.0 Å². The molecule has 1 aliphatic heterocycles. The van der Waals surface area contributed by atoms with E-state index in [0.29, 0.717) is 10.8 Å². The number of halogens is 2. The largest absolute Gasteiger partial charge is 1.00 e. The first-order chi connectivity index (χ1) is 11.5. The molecule has 0 radical (unpaired) electrons. The molecule has 6 atom stereocenters. The predicted octanol–water partition coefficient (Wildman–Crippen LogP) is -3.70. The van der Waals surface area contributed by atoms with Gasteiger partial charge in [0.2, 0.25) is 0 Å².